The smallest absolute Gasteiger partial charge is 0.459 e. The van der Waals surface area contributed by atoms with Crippen LogP contribution in [0.2, 0.25) is 0 Å². The number of rotatable bonds is 11. The number of hydrogen-bond donors (Lipinski definition) is 3. The highest BCUT2D eigenvalue weighted by atomic mass is 31.2. The van der Waals surface area contributed by atoms with E-state index in [-0.39, 0.29) is 23.5 Å². The van der Waals surface area contributed by atoms with Crippen LogP contribution in [0.15, 0.2) is 36.7 Å². The average Bonchev–Trinajstić information content (AvgIpc) is 3.40. The van der Waals surface area contributed by atoms with E-state index in [1.807, 2.05) is 0 Å². The Kier molecular flexibility index (Phi) is 8.43. The van der Waals surface area contributed by atoms with Gasteiger partial charge in [0.15, 0.2) is 35.0 Å². The Morgan fingerprint density at radius 3 is 2.65 bits per heavy atom. The Hall–Kier alpha value is -3.23. The van der Waals surface area contributed by atoms with E-state index in [0.29, 0.717) is 11.6 Å². The maximum absolute atomic E-state index is 16.1. The van der Waals surface area contributed by atoms with Gasteiger partial charge in [0.2, 0.25) is 0 Å². The second-order valence-corrected chi connectivity index (χ2v) is 11.0. The first-order valence-corrected chi connectivity index (χ1v) is 13.9. The quantitative estimate of drug-likeness (QED) is 0.224. The summed E-state index contributed by atoms with van der Waals surface area (Å²) in [5, 5.41) is 16.0. The van der Waals surface area contributed by atoms with Gasteiger partial charge in [-0.3, -0.25) is 13.9 Å². The van der Waals surface area contributed by atoms with Crippen molar-refractivity contribution in [3.05, 3.63) is 42.5 Å². The number of halogens is 2. The molecule has 0 radical (unpaired) electrons. The number of aryl methyl sites for hydroxylation is 1. The number of carbonyl (C=O) groups excluding carboxylic acids is 1. The van der Waals surface area contributed by atoms with Crippen molar-refractivity contribution in [2.45, 2.75) is 57.6 Å². The minimum Gasteiger partial charge on any atom is -0.465 e. The third-order valence-corrected chi connectivity index (χ3v) is 7.77. The minimum absolute atomic E-state index is 0.0584. The van der Waals surface area contributed by atoms with E-state index >= 15 is 8.78 Å². The summed E-state index contributed by atoms with van der Waals surface area (Å²) >= 11 is 0. The topological polar surface area (TPSA) is 159 Å². The molecule has 1 saturated heterocycles. The maximum atomic E-state index is 16.1. The van der Waals surface area contributed by atoms with E-state index in [9.17, 15) is 14.5 Å². The molecule has 1 fully saturated rings. The van der Waals surface area contributed by atoms with Gasteiger partial charge in [0.05, 0.1) is 12.9 Å². The van der Waals surface area contributed by atoms with E-state index in [1.165, 1.54) is 25.4 Å². The van der Waals surface area contributed by atoms with Gasteiger partial charge in [0.25, 0.3) is 5.85 Å². The SMILES string of the molecule is CCOC(=O)[C@H](C)N[P@](=O)(OC[C@@]1(F)O[C@@H](n2cnc3c(NC)nc(C)nc32)[C@](C)(F)[C@@H]1O)Oc1ccccc1. The molecule has 0 spiro atoms. The number of esters is 1. The van der Waals surface area contributed by atoms with Gasteiger partial charge in [0, 0.05) is 7.05 Å². The fourth-order valence-electron chi connectivity index (χ4n) is 4.17. The Bertz CT molecular complexity index is 1410. The van der Waals surface area contributed by atoms with Crippen LogP contribution in [-0.2, 0) is 23.4 Å². The number of anilines is 1. The number of aliphatic hydroxyl groups excluding tert-OH is 1. The van der Waals surface area contributed by atoms with Crippen molar-refractivity contribution in [3.63, 3.8) is 0 Å². The molecule has 218 valence electrons. The number of alkyl halides is 2. The molecule has 40 heavy (non-hydrogen) atoms. The molecule has 3 aromatic rings. The van der Waals surface area contributed by atoms with Crippen LogP contribution >= 0.6 is 7.75 Å². The molecule has 0 amide bonds. The Balaban J connectivity index is 1.61. The van der Waals surface area contributed by atoms with Crippen molar-refractivity contribution in [1.82, 2.24) is 24.6 Å². The molecule has 0 unspecified atom stereocenters. The van der Waals surface area contributed by atoms with Crippen LogP contribution in [0.3, 0.4) is 0 Å². The van der Waals surface area contributed by atoms with Gasteiger partial charge in [-0.1, -0.05) is 18.2 Å². The van der Waals surface area contributed by atoms with E-state index in [2.05, 4.69) is 25.4 Å². The van der Waals surface area contributed by atoms with E-state index in [4.69, 9.17) is 18.5 Å². The van der Waals surface area contributed by atoms with Crippen molar-refractivity contribution in [2.75, 3.05) is 25.6 Å². The van der Waals surface area contributed by atoms with Crippen LogP contribution in [0.25, 0.3) is 11.2 Å². The third-order valence-electron chi connectivity index (χ3n) is 6.15. The highest BCUT2D eigenvalue weighted by molar-refractivity contribution is 7.52. The number of fused-ring (bicyclic) bond motifs is 1. The molecule has 1 aliphatic rings. The fraction of sp³-hybridized carbons (Fsp3) is 0.500. The van der Waals surface area contributed by atoms with Crippen LogP contribution in [0, 0.1) is 6.92 Å². The highest BCUT2D eigenvalue weighted by Gasteiger charge is 2.65. The van der Waals surface area contributed by atoms with Crippen LogP contribution in [0.4, 0.5) is 14.6 Å². The van der Waals surface area contributed by atoms with Gasteiger partial charge in [-0.05, 0) is 39.8 Å². The first kappa shape index (κ1) is 29.7. The number of nitrogens with zero attached hydrogens (tertiary/aromatic N) is 4. The molecule has 0 aliphatic carbocycles. The van der Waals surface area contributed by atoms with E-state index in [1.54, 1.807) is 39.1 Å². The van der Waals surface area contributed by atoms with Crippen molar-refractivity contribution in [1.29, 1.82) is 0 Å². The van der Waals surface area contributed by atoms with Crippen LogP contribution in [0.5, 0.6) is 5.75 Å². The fourth-order valence-corrected chi connectivity index (χ4v) is 5.68. The first-order chi connectivity index (χ1) is 18.8. The predicted octanol–water partition coefficient (Wildman–Crippen LogP) is 3.21. The number of aromatic nitrogens is 4. The maximum Gasteiger partial charge on any atom is 0.459 e. The molecular weight excluding hydrogens is 553 g/mol. The molecule has 16 heteroatoms. The van der Waals surface area contributed by atoms with Crippen molar-refractivity contribution in [3.8, 4) is 5.75 Å². The minimum atomic E-state index is -4.53. The third kappa shape index (κ3) is 5.79. The lowest BCUT2D eigenvalue weighted by molar-refractivity contribution is -0.202. The summed E-state index contributed by atoms with van der Waals surface area (Å²) in [5.41, 5.74) is -2.32. The number of imidazole rings is 1. The summed E-state index contributed by atoms with van der Waals surface area (Å²) in [5.74, 6) is -3.21. The van der Waals surface area contributed by atoms with Crippen molar-refractivity contribution in [2.24, 2.45) is 0 Å². The summed E-state index contributed by atoms with van der Waals surface area (Å²) in [6.45, 7) is 4.31. The van der Waals surface area contributed by atoms with E-state index < -0.39 is 50.2 Å². The Morgan fingerprint density at radius 2 is 2.00 bits per heavy atom. The zero-order valence-electron chi connectivity index (χ0n) is 22.5. The number of carbonyl (C=O) groups is 1. The summed E-state index contributed by atoms with van der Waals surface area (Å²) in [4.78, 5) is 24.8. The van der Waals surface area contributed by atoms with Gasteiger partial charge in [-0.25, -0.2) is 28.3 Å². The Labute approximate surface area is 228 Å². The van der Waals surface area contributed by atoms with Gasteiger partial charge in [0.1, 0.15) is 24.2 Å². The molecule has 0 bridgehead atoms. The molecule has 1 aliphatic heterocycles. The summed E-state index contributed by atoms with van der Waals surface area (Å²) in [6.07, 6.45) is -2.96. The lowest BCUT2D eigenvalue weighted by Gasteiger charge is -2.28. The number of hydrogen-bond acceptors (Lipinski definition) is 11. The Morgan fingerprint density at radius 1 is 1.30 bits per heavy atom. The second kappa shape index (κ2) is 11.3. The normalized spacial score (nSPS) is 26.8. The van der Waals surface area contributed by atoms with Gasteiger partial charge < -0.3 is 24.4 Å². The second-order valence-electron chi connectivity index (χ2n) is 9.28. The molecular formula is C24H31F2N6O7P. The standard InChI is InChI=1S/C24H31F2N6O7P/c1-6-36-20(33)14(2)31-40(35,39-16-10-8-7-9-11-16)37-12-24(26)21(34)23(4,25)22(38-24)32-13-28-17-18(27-5)29-15(3)30-19(17)32/h7-11,13-14,21-22,34H,6,12H2,1-5H3,(H,31,35)(H,27,29,30)/t14-,21-,22+,23+,24+,40-/m0/s1. The number of benzene rings is 1. The lowest BCUT2D eigenvalue weighted by Crippen LogP contribution is -2.47. The summed E-state index contributed by atoms with van der Waals surface area (Å²) < 4.78 is 68.0. The molecule has 6 atom stereocenters. The number of ether oxygens (including phenoxy) is 2. The molecule has 3 N–H and O–H groups in total. The van der Waals surface area contributed by atoms with Crippen LogP contribution < -0.4 is 14.9 Å². The van der Waals surface area contributed by atoms with Crippen LogP contribution in [0.1, 0.15) is 32.8 Å². The summed E-state index contributed by atoms with van der Waals surface area (Å²) in [6, 6.07) is 6.59. The largest absolute Gasteiger partial charge is 0.465 e. The van der Waals surface area contributed by atoms with Gasteiger partial charge >= 0.3 is 13.7 Å². The van der Waals surface area contributed by atoms with Crippen molar-refractivity contribution >= 4 is 30.7 Å². The zero-order valence-corrected chi connectivity index (χ0v) is 23.4. The number of nitrogens with one attached hydrogen (secondary N) is 2. The highest BCUT2D eigenvalue weighted by Crippen LogP contribution is 2.52. The van der Waals surface area contributed by atoms with Crippen LogP contribution in [-0.4, -0.2) is 74.5 Å². The predicted molar refractivity (Wildman–Crippen MR) is 139 cm³/mol. The van der Waals surface area contributed by atoms with Gasteiger partial charge in [-0.15, -0.1) is 0 Å². The van der Waals surface area contributed by atoms with Gasteiger partial charge in [-0.2, -0.15) is 5.09 Å². The number of para-hydroxylation sites is 1. The number of aliphatic hydroxyl groups is 1. The lowest BCUT2D eigenvalue weighted by atomic mass is 9.97. The molecule has 3 heterocycles. The summed E-state index contributed by atoms with van der Waals surface area (Å²) in [7, 11) is -2.91. The van der Waals surface area contributed by atoms with Crippen molar-refractivity contribution < 1.29 is 41.8 Å². The molecule has 0 saturated carbocycles. The monoisotopic (exact) mass is 584 g/mol. The molecule has 2 aromatic heterocycles. The molecule has 4 rings (SSSR count). The average molecular weight is 585 g/mol. The molecule has 1 aromatic carbocycles. The zero-order chi connectivity index (χ0) is 29.3. The van der Waals surface area contributed by atoms with E-state index in [0.717, 1.165) is 11.5 Å². The first-order valence-electron chi connectivity index (χ1n) is 12.4. The molecule has 13 nitrogen and oxygen atoms in total.